The maximum absolute atomic E-state index is 15.7. The predicted molar refractivity (Wildman–Crippen MR) is 250 cm³/mol. The van der Waals surface area contributed by atoms with Crippen molar-refractivity contribution in [1.82, 2.24) is 0 Å². The zero-order valence-corrected chi connectivity index (χ0v) is 37.9. The van der Waals surface area contributed by atoms with Gasteiger partial charge in [0.2, 0.25) is 6.29 Å². The number of aliphatic hydroxyl groups excluding tert-OH is 5. The van der Waals surface area contributed by atoms with E-state index in [-0.39, 0.29) is 106 Å². The Morgan fingerprint density at radius 3 is 2.36 bits per heavy atom. The van der Waals surface area contributed by atoms with Gasteiger partial charge in [-0.25, -0.2) is 0 Å². The van der Waals surface area contributed by atoms with Crippen LogP contribution in [-0.4, -0.2) is 116 Å². The molecule has 1 heterocycles. The van der Waals surface area contributed by atoms with Crippen LogP contribution in [0.15, 0.2) is 53.5 Å². The van der Waals surface area contributed by atoms with E-state index < -0.39 is 96.9 Å². The Morgan fingerprint density at radius 1 is 0.928 bits per heavy atom. The van der Waals surface area contributed by atoms with Crippen molar-refractivity contribution in [3.63, 3.8) is 0 Å². The number of esters is 1. The maximum Gasteiger partial charge on any atom is 0.308 e. The van der Waals surface area contributed by atoms with Crippen LogP contribution in [0, 0.1) is 11.8 Å². The number of guanidine groups is 1. The van der Waals surface area contributed by atoms with Gasteiger partial charge in [-0.15, -0.1) is 0 Å². The highest BCUT2D eigenvalue weighted by Gasteiger charge is 2.47. The number of fused-ring (bicyclic) bond motifs is 2. The quantitative estimate of drug-likeness (QED) is 0.0164. The fourth-order valence-electron chi connectivity index (χ4n) is 8.92. The Labute approximate surface area is 397 Å². The van der Waals surface area contributed by atoms with Gasteiger partial charge in [0.15, 0.2) is 23.8 Å². The first-order valence-electron chi connectivity index (χ1n) is 22.3. The minimum absolute atomic E-state index is 0.0229. The number of carbonyl (C=O) groups is 4. The van der Waals surface area contributed by atoms with Crippen LogP contribution >= 0.6 is 0 Å². The van der Waals surface area contributed by atoms with Crippen LogP contribution in [-0.2, 0) is 46.7 Å². The lowest BCUT2D eigenvalue weighted by atomic mass is 9.75. The molecular weight excluding hydrogens is 893 g/mol. The monoisotopic (exact) mass is 946 g/mol. The van der Waals surface area contributed by atoms with E-state index in [1.54, 1.807) is 30.3 Å². The Kier molecular flexibility index (Phi) is 15.7. The summed E-state index contributed by atoms with van der Waals surface area (Å²) in [6.07, 6.45) is -4.48. The van der Waals surface area contributed by atoms with Gasteiger partial charge in [0, 0.05) is 58.7 Å². The molecule has 0 amide bonds. The summed E-state index contributed by atoms with van der Waals surface area (Å²) in [5.41, 5.74) is 17.6. The van der Waals surface area contributed by atoms with Gasteiger partial charge in [0.05, 0.1) is 50.2 Å². The molecule has 0 radical (unpaired) electrons. The van der Waals surface area contributed by atoms with E-state index in [1.165, 1.54) is 25.1 Å². The predicted octanol–water partition coefficient (Wildman–Crippen LogP) is 1.73. The molecule has 69 heavy (non-hydrogen) atoms. The average Bonchev–Trinajstić information content (AvgIpc) is 3.31. The second-order valence-electron chi connectivity index (χ2n) is 17.0. The Hall–Kier alpha value is -6.79. The van der Waals surface area contributed by atoms with Crippen molar-refractivity contribution in [3.8, 4) is 29.1 Å². The van der Waals surface area contributed by atoms with E-state index in [2.05, 4.69) is 16.8 Å². The molecule has 7 unspecified atom stereocenters. The SMILES string of the molecule is CC(=O)Oc1cc(CO)c2c3c1C=Cc1cccc(c1)CC(O)CCC(N)C#CCc1c(OC4OC(C)C(O)C(O)C4OCCN=C(N)N)c(Cc4cccc(CO)c4C=O)c(O)c(c1C3=O)C2=O. The van der Waals surface area contributed by atoms with Gasteiger partial charge in [-0.05, 0) is 66.1 Å². The molecule has 4 bridgehead atoms. The number of phenols is 1. The molecule has 4 aromatic rings. The zero-order chi connectivity index (χ0) is 49.7. The number of nitrogens with zero attached hydrogens (tertiary/aromatic N) is 1. The molecule has 1 saturated heterocycles. The van der Waals surface area contributed by atoms with Crippen LogP contribution in [0.4, 0.5) is 0 Å². The standard InChI is InChI=1S/C51H54N4O14/c1-25-43(61)47(65)49(66-17-16-55-51(53)54)50(67-25)69-48-35-11-5-10-32(52)13-14-33(60)19-28-7-3-6-27(18-28)12-15-34-38(68-26(2)59)21-31(23-57)39-40(34)46(64)41(35)42(45(39)63)44(62)36(48)20-29-8-4-9-30(22-56)37(29)24-58/h3-4,6-9,12,15,18,21,24-25,32-33,43,47,49-50,56-57,60-62,65H,11,13-14,16-17,19-20,22-23,52H2,1-2H3,(H4,53,54,55). The third-order valence-electron chi connectivity index (χ3n) is 12.3. The summed E-state index contributed by atoms with van der Waals surface area (Å²) in [5.74, 6) is 1.96. The van der Waals surface area contributed by atoms with Crippen LogP contribution < -0.4 is 26.7 Å². The van der Waals surface area contributed by atoms with Crippen LogP contribution in [0.1, 0.15) is 113 Å². The first kappa shape index (κ1) is 50.1. The van der Waals surface area contributed by atoms with Crippen molar-refractivity contribution in [2.24, 2.45) is 22.2 Å². The van der Waals surface area contributed by atoms with Gasteiger partial charge in [-0.1, -0.05) is 60.4 Å². The van der Waals surface area contributed by atoms with Crippen LogP contribution in [0.3, 0.4) is 0 Å². The lowest BCUT2D eigenvalue weighted by molar-refractivity contribution is -0.278. The van der Waals surface area contributed by atoms with Crippen LogP contribution in [0.25, 0.3) is 12.2 Å². The van der Waals surface area contributed by atoms with Gasteiger partial charge in [0.1, 0.15) is 35.6 Å². The molecule has 0 spiro atoms. The Morgan fingerprint density at radius 2 is 1.65 bits per heavy atom. The highest BCUT2D eigenvalue weighted by molar-refractivity contribution is 6.32. The number of hydrogen-bond acceptors (Lipinski definition) is 16. The molecule has 3 aliphatic rings. The first-order valence-corrected chi connectivity index (χ1v) is 22.3. The number of ether oxygens (including phenoxy) is 4. The summed E-state index contributed by atoms with van der Waals surface area (Å²) in [6.45, 7) is 0.984. The van der Waals surface area contributed by atoms with Crippen LogP contribution in [0.2, 0.25) is 0 Å². The number of hydrogen-bond donors (Lipinski definition) is 9. The van der Waals surface area contributed by atoms with E-state index >= 15 is 9.59 Å². The molecule has 7 atom stereocenters. The van der Waals surface area contributed by atoms with E-state index in [0.717, 1.165) is 12.5 Å². The van der Waals surface area contributed by atoms with Crippen molar-refractivity contribution in [1.29, 1.82) is 0 Å². The molecule has 0 aromatic heterocycles. The van der Waals surface area contributed by atoms with Crippen molar-refractivity contribution < 1.29 is 68.8 Å². The fraction of sp³-hybridized carbons (Fsp3) is 0.353. The molecule has 1 fully saturated rings. The van der Waals surface area contributed by atoms with Crippen molar-refractivity contribution in [2.75, 3.05) is 13.2 Å². The van der Waals surface area contributed by atoms with Gasteiger partial charge < -0.3 is 66.8 Å². The highest BCUT2D eigenvalue weighted by atomic mass is 16.7. The van der Waals surface area contributed by atoms with Gasteiger partial charge in [-0.2, -0.15) is 0 Å². The van der Waals surface area contributed by atoms with Crippen LogP contribution in [0.5, 0.6) is 17.2 Å². The summed E-state index contributed by atoms with van der Waals surface area (Å²) in [5, 5.41) is 67.1. The minimum atomic E-state index is -1.65. The van der Waals surface area contributed by atoms with Gasteiger partial charge >= 0.3 is 5.97 Å². The number of aldehydes is 1. The smallest absolute Gasteiger partial charge is 0.308 e. The van der Waals surface area contributed by atoms with Gasteiger partial charge in [0.25, 0.3) is 0 Å². The van der Waals surface area contributed by atoms with E-state index in [1.807, 2.05) is 12.1 Å². The summed E-state index contributed by atoms with van der Waals surface area (Å²) >= 11 is 0. The summed E-state index contributed by atoms with van der Waals surface area (Å²) in [7, 11) is 0. The molecule has 18 nitrogen and oxygen atoms in total. The number of aliphatic imine (C=N–C) groups is 1. The number of nitrogens with two attached hydrogens (primary N) is 3. The van der Waals surface area contributed by atoms with E-state index in [0.29, 0.717) is 11.8 Å². The molecule has 7 rings (SSSR count). The fourth-order valence-corrected chi connectivity index (χ4v) is 8.92. The topological polar surface area (TPSA) is 317 Å². The van der Waals surface area contributed by atoms with Gasteiger partial charge in [-0.3, -0.25) is 24.2 Å². The lowest BCUT2D eigenvalue weighted by Gasteiger charge is -2.41. The number of aliphatic hydroxyl groups is 5. The zero-order valence-electron chi connectivity index (χ0n) is 37.9. The highest BCUT2D eigenvalue weighted by Crippen LogP contribution is 2.48. The molecule has 362 valence electrons. The first-order chi connectivity index (χ1) is 33.1. The second-order valence-corrected chi connectivity index (χ2v) is 17.0. The Bertz CT molecular complexity index is 2790. The summed E-state index contributed by atoms with van der Waals surface area (Å²) in [4.78, 5) is 60.2. The number of rotatable bonds is 12. The number of benzene rings is 4. The van der Waals surface area contributed by atoms with Crippen molar-refractivity contribution >= 4 is 41.9 Å². The lowest BCUT2D eigenvalue weighted by Crippen LogP contribution is -2.59. The molecule has 1 aliphatic heterocycles. The van der Waals surface area contributed by atoms with Crippen molar-refractivity contribution in [3.05, 3.63) is 121 Å². The largest absolute Gasteiger partial charge is 0.507 e. The third kappa shape index (κ3) is 10.6. The van der Waals surface area contributed by atoms with E-state index in [4.69, 9.17) is 36.1 Å². The summed E-state index contributed by atoms with van der Waals surface area (Å²) in [6, 6.07) is 12.3. The Balaban J connectivity index is 1.56. The van der Waals surface area contributed by atoms with E-state index in [9.17, 15) is 40.2 Å². The summed E-state index contributed by atoms with van der Waals surface area (Å²) < 4.78 is 24.5. The third-order valence-corrected chi connectivity index (χ3v) is 12.3. The normalized spacial score (nSPS) is 22.1. The molecule has 2 aliphatic carbocycles. The number of phenolic OH excluding ortho intramolecular Hbond substituents is 1. The minimum Gasteiger partial charge on any atom is -0.507 e. The molecule has 12 N–H and O–H groups in total. The molecule has 0 saturated carbocycles. The second kappa shape index (κ2) is 21.7. The number of carbonyl (C=O) groups excluding carboxylic acids is 4. The van der Waals surface area contributed by atoms with Crippen molar-refractivity contribution in [2.45, 2.75) is 102 Å². The average molecular weight is 947 g/mol. The maximum atomic E-state index is 15.7. The molecule has 4 aromatic carbocycles. The molecule has 18 heteroatoms. The molecular formula is C51H54N4O14. The number of aromatic hydroxyl groups is 1. The number of ketones is 2.